The van der Waals surface area contributed by atoms with Crippen LogP contribution in [0.1, 0.15) is 11.1 Å². The minimum atomic E-state index is -0.445. The van der Waals surface area contributed by atoms with Gasteiger partial charge in [-0.05, 0) is 43.7 Å². The van der Waals surface area contributed by atoms with E-state index in [1.54, 1.807) is 18.2 Å². The molecule has 0 heterocycles. The van der Waals surface area contributed by atoms with Crippen molar-refractivity contribution in [3.05, 3.63) is 58.1 Å². The zero-order valence-electron chi connectivity index (χ0n) is 14.1. The minimum absolute atomic E-state index is 0.0523. The Balaban J connectivity index is 1.69. The van der Waals surface area contributed by atoms with Crippen LogP contribution in [0.25, 0.3) is 0 Å². The summed E-state index contributed by atoms with van der Waals surface area (Å²) in [5, 5.41) is 3.03. The van der Waals surface area contributed by atoms with Crippen LogP contribution in [-0.4, -0.2) is 25.0 Å². The fourth-order valence-electron chi connectivity index (χ4n) is 2.11. The van der Waals surface area contributed by atoms with Gasteiger partial charge in [0, 0.05) is 10.2 Å². The van der Waals surface area contributed by atoms with Gasteiger partial charge in [-0.3, -0.25) is 20.4 Å². The summed E-state index contributed by atoms with van der Waals surface area (Å²) in [5.74, 6) is -0.233. The van der Waals surface area contributed by atoms with E-state index in [0.717, 1.165) is 21.3 Å². The summed E-state index contributed by atoms with van der Waals surface area (Å²) < 4.78 is 6.19. The van der Waals surface area contributed by atoms with Crippen molar-refractivity contribution >= 4 is 33.4 Å². The number of ether oxygens (including phenoxy) is 1. The molecule has 2 aromatic carbocycles. The summed E-state index contributed by atoms with van der Waals surface area (Å²) in [6.45, 7) is 3.83. The highest BCUT2D eigenvalue weighted by molar-refractivity contribution is 9.10. The normalized spacial score (nSPS) is 10.0. The zero-order chi connectivity index (χ0) is 18.2. The summed E-state index contributed by atoms with van der Waals surface area (Å²) in [7, 11) is 0. The smallest absolute Gasteiger partial charge is 0.276 e. The number of hydrogen-bond donors (Lipinski definition) is 3. The van der Waals surface area contributed by atoms with Crippen molar-refractivity contribution in [3.8, 4) is 5.75 Å². The van der Waals surface area contributed by atoms with Crippen LogP contribution in [0.3, 0.4) is 0 Å². The monoisotopic (exact) mass is 405 g/mol. The molecule has 0 aromatic heterocycles. The summed E-state index contributed by atoms with van der Waals surface area (Å²) in [4.78, 5) is 23.5. The van der Waals surface area contributed by atoms with Gasteiger partial charge in [0.1, 0.15) is 5.75 Å². The highest BCUT2D eigenvalue weighted by atomic mass is 79.9. The van der Waals surface area contributed by atoms with Crippen molar-refractivity contribution in [3.63, 3.8) is 0 Å². The molecule has 132 valence electrons. The number of hydrogen-bond acceptors (Lipinski definition) is 4. The molecular formula is C18H20BrN3O3. The Morgan fingerprint density at radius 3 is 2.52 bits per heavy atom. The first-order valence-electron chi connectivity index (χ1n) is 7.71. The molecular weight excluding hydrogens is 386 g/mol. The molecule has 0 saturated carbocycles. The van der Waals surface area contributed by atoms with Crippen molar-refractivity contribution in [1.29, 1.82) is 0 Å². The number of amides is 2. The summed E-state index contributed by atoms with van der Waals surface area (Å²) in [6, 6.07) is 13.1. The molecule has 0 atom stereocenters. The molecule has 3 N–H and O–H groups in total. The summed E-state index contributed by atoms with van der Waals surface area (Å²) >= 11 is 3.32. The lowest BCUT2D eigenvalue weighted by atomic mass is 10.1. The van der Waals surface area contributed by atoms with Gasteiger partial charge < -0.3 is 10.1 Å². The topological polar surface area (TPSA) is 79.5 Å². The lowest BCUT2D eigenvalue weighted by molar-refractivity contribution is -0.129. The number of aryl methyl sites for hydroxylation is 2. The number of carbonyl (C=O) groups is 2. The number of nitrogens with one attached hydrogen (secondary N) is 3. The number of anilines is 1. The number of rotatable bonds is 6. The first kappa shape index (κ1) is 18.8. The third-order valence-corrected chi connectivity index (χ3v) is 3.82. The molecule has 0 aliphatic rings. The maximum atomic E-state index is 11.8. The van der Waals surface area contributed by atoms with E-state index in [1.807, 2.05) is 38.1 Å². The molecule has 0 radical (unpaired) electrons. The van der Waals surface area contributed by atoms with Gasteiger partial charge in [0.05, 0.1) is 6.54 Å². The molecule has 0 unspecified atom stereocenters. The third-order valence-electron chi connectivity index (χ3n) is 3.33. The minimum Gasteiger partial charge on any atom is -0.484 e. The molecule has 0 bridgehead atoms. The fourth-order valence-corrected chi connectivity index (χ4v) is 2.49. The van der Waals surface area contributed by atoms with Gasteiger partial charge in [0.2, 0.25) is 0 Å². The Bertz CT molecular complexity index is 765. The van der Waals surface area contributed by atoms with Crippen molar-refractivity contribution in [2.75, 3.05) is 18.5 Å². The van der Waals surface area contributed by atoms with Crippen LogP contribution in [0, 0.1) is 13.8 Å². The lowest BCUT2D eigenvalue weighted by Crippen LogP contribution is -2.46. The average Bonchev–Trinajstić information content (AvgIpc) is 2.57. The highest BCUT2D eigenvalue weighted by Gasteiger charge is 2.06. The van der Waals surface area contributed by atoms with Gasteiger partial charge in [-0.25, -0.2) is 0 Å². The molecule has 0 saturated heterocycles. The largest absolute Gasteiger partial charge is 0.484 e. The van der Waals surface area contributed by atoms with E-state index >= 15 is 0 Å². The number of hydrazine groups is 1. The van der Waals surface area contributed by atoms with E-state index in [2.05, 4.69) is 32.1 Å². The van der Waals surface area contributed by atoms with Crippen molar-refractivity contribution in [1.82, 2.24) is 10.9 Å². The number of carbonyl (C=O) groups excluding carboxylic acids is 2. The van der Waals surface area contributed by atoms with Gasteiger partial charge >= 0.3 is 0 Å². The Kier molecular flexibility index (Phi) is 6.82. The molecule has 0 fully saturated rings. The van der Waals surface area contributed by atoms with E-state index in [9.17, 15) is 9.59 Å². The van der Waals surface area contributed by atoms with Crippen LogP contribution < -0.4 is 20.9 Å². The molecule has 25 heavy (non-hydrogen) atoms. The van der Waals surface area contributed by atoms with Crippen LogP contribution in [0.5, 0.6) is 5.75 Å². The van der Waals surface area contributed by atoms with E-state index in [0.29, 0.717) is 5.75 Å². The highest BCUT2D eigenvalue weighted by Crippen LogP contribution is 2.17. The lowest BCUT2D eigenvalue weighted by Gasteiger charge is -2.11. The average molecular weight is 406 g/mol. The van der Waals surface area contributed by atoms with Gasteiger partial charge in [-0.15, -0.1) is 0 Å². The molecule has 2 rings (SSSR count). The SMILES string of the molecule is Cc1ccc(NCC(=O)NNC(=O)COc2cccc(Br)c2)c(C)c1. The maximum absolute atomic E-state index is 11.8. The third kappa shape index (κ3) is 6.46. The fraction of sp³-hybridized carbons (Fsp3) is 0.222. The van der Waals surface area contributed by atoms with Crippen LogP contribution >= 0.6 is 15.9 Å². The predicted molar refractivity (Wildman–Crippen MR) is 100 cm³/mol. The molecule has 0 aliphatic heterocycles. The number of halogens is 1. The summed E-state index contributed by atoms with van der Waals surface area (Å²) in [6.07, 6.45) is 0. The van der Waals surface area contributed by atoms with E-state index < -0.39 is 5.91 Å². The molecule has 2 amide bonds. The molecule has 0 aliphatic carbocycles. The quantitative estimate of drug-likeness (QED) is 0.645. The Morgan fingerprint density at radius 2 is 1.80 bits per heavy atom. The second kappa shape index (κ2) is 9.08. The Hall–Kier alpha value is -2.54. The summed E-state index contributed by atoms with van der Waals surface area (Å²) in [5.41, 5.74) is 7.75. The predicted octanol–water partition coefficient (Wildman–Crippen LogP) is 2.70. The maximum Gasteiger partial charge on any atom is 0.276 e. The molecule has 6 nitrogen and oxygen atoms in total. The van der Waals surface area contributed by atoms with Crippen LogP contribution in [0.2, 0.25) is 0 Å². The zero-order valence-corrected chi connectivity index (χ0v) is 15.6. The van der Waals surface area contributed by atoms with E-state index in [4.69, 9.17) is 4.74 Å². The van der Waals surface area contributed by atoms with E-state index in [1.165, 1.54) is 0 Å². The molecule has 7 heteroatoms. The van der Waals surface area contributed by atoms with Gasteiger partial charge in [-0.2, -0.15) is 0 Å². The second-order valence-corrected chi connectivity index (χ2v) is 6.43. The van der Waals surface area contributed by atoms with Gasteiger partial charge in [-0.1, -0.05) is 39.7 Å². The Morgan fingerprint density at radius 1 is 1.04 bits per heavy atom. The molecule has 2 aromatic rings. The molecule has 0 spiro atoms. The van der Waals surface area contributed by atoms with Gasteiger partial charge in [0.25, 0.3) is 11.8 Å². The van der Waals surface area contributed by atoms with Crippen molar-refractivity contribution in [2.24, 2.45) is 0 Å². The second-order valence-electron chi connectivity index (χ2n) is 5.51. The first-order valence-corrected chi connectivity index (χ1v) is 8.50. The van der Waals surface area contributed by atoms with Crippen LogP contribution in [0.15, 0.2) is 46.9 Å². The van der Waals surface area contributed by atoms with E-state index in [-0.39, 0.29) is 19.1 Å². The number of benzene rings is 2. The van der Waals surface area contributed by atoms with Crippen molar-refractivity contribution in [2.45, 2.75) is 13.8 Å². The van der Waals surface area contributed by atoms with Crippen LogP contribution in [0.4, 0.5) is 5.69 Å². The van der Waals surface area contributed by atoms with Crippen LogP contribution in [-0.2, 0) is 9.59 Å². The van der Waals surface area contributed by atoms with Crippen molar-refractivity contribution < 1.29 is 14.3 Å². The Labute approximate surface area is 155 Å². The first-order chi connectivity index (χ1) is 11.9. The van der Waals surface area contributed by atoms with Gasteiger partial charge in [0.15, 0.2) is 6.61 Å². The standard InChI is InChI=1S/C18H20BrN3O3/c1-12-6-7-16(13(2)8-12)20-10-17(23)21-22-18(24)11-25-15-5-3-4-14(19)9-15/h3-9,20H,10-11H2,1-2H3,(H,21,23)(H,22,24).